The first kappa shape index (κ1) is 11.8. The highest BCUT2D eigenvalue weighted by molar-refractivity contribution is 5.10. The van der Waals surface area contributed by atoms with Crippen LogP contribution in [0, 0.1) is 23.2 Å². The van der Waals surface area contributed by atoms with Gasteiger partial charge < -0.3 is 5.32 Å². The van der Waals surface area contributed by atoms with Crippen LogP contribution < -0.4 is 5.32 Å². The summed E-state index contributed by atoms with van der Waals surface area (Å²) < 4.78 is 0. The van der Waals surface area contributed by atoms with Crippen molar-refractivity contribution < 1.29 is 0 Å². The lowest BCUT2D eigenvalue weighted by Crippen LogP contribution is -2.36. The van der Waals surface area contributed by atoms with E-state index in [2.05, 4.69) is 24.4 Å². The minimum absolute atomic E-state index is 0.603. The van der Waals surface area contributed by atoms with E-state index in [0.29, 0.717) is 5.41 Å². The van der Waals surface area contributed by atoms with Crippen LogP contribution >= 0.6 is 0 Å². The van der Waals surface area contributed by atoms with E-state index in [-0.39, 0.29) is 0 Å². The summed E-state index contributed by atoms with van der Waals surface area (Å²) in [4.78, 5) is 0. The van der Waals surface area contributed by atoms with Gasteiger partial charge in [-0.2, -0.15) is 0 Å². The Morgan fingerprint density at radius 3 is 2.59 bits per heavy atom. The number of nitrogens with one attached hydrogen (secondary N) is 1. The molecule has 2 fully saturated rings. The van der Waals surface area contributed by atoms with Gasteiger partial charge in [0.1, 0.15) is 0 Å². The average molecular weight is 233 g/mol. The number of hydrogen-bond acceptors (Lipinski definition) is 1. The van der Waals surface area contributed by atoms with E-state index in [0.717, 1.165) is 17.8 Å². The van der Waals surface area contributed by atoms with E-state index in [9.17, 15) is 0 Å². The fourth-order valence-electron chi connectivity index (χ4n) is 4.27. The summed E-state index contributed by atoms with van der Waals surface area (Å²) in [6, 6.07) is 0. The molecule has 3 aliphatic rings. The van der Waals surface area contributed by atoms with Crippen LogP contribution in [-0.2, 0) is 0 Å². The molecule has 0 amide bonds. The SMILES string of the molecule is CC1(CNCC2CC3C=CC2C3)CCCCC1. The van der Waals surface area contributed by atoms with Crippen LogP contribution in [0.2, 0.25) is 0 Å². The predicted molar refractivity (Wildman–Crippen MR) is 72.9 cm³/mol. The van der Waals surface area contributed by atoms with E-state index in [4.69, 9.17) is 0 Å². The number of allylic oxidation sites excluding steroid dienone is 2. The smallest absolute Gasteiger partial charge is 0.000528 e. The number of hydrogen-bond donors (Lipinski definition) is 1. The quantitative estimate of drug-likeness (QED) is 0.729. The summed E-state index contributed by atoms with van der Waals surface area (Å²) in [5.41, 5.74) is 0.603. The molecule has 0 aromatic rings. The molecule has 1 heteroatoms. The molecule has 3 aliphatic carbocycles. The molecule has 17 heavy (non-hydrogen) atoms. The van der Waals surface area contributed by atoms with Crippen LogP contribution in [0.15, 0.2) is 12.2 Å². The zero-order valence-electron chi connectivity index (χ0n) is 11.3. The van der Waals surface area contributed by atoms with Crippen LogP contribution in [0.4, 0.5) is 0 Å². The van der Waals surface area contributed by atoms with Gasteiger partial charge in [0.05, 0.1) is 0 Å². The maximum absolute atomic E-state index is 3.79. The molecule has 0 saturated heterocycles. The molecule has 2 saturated carbocycles. The number of rotatable bonds is 4. The Balaban J connectivity index is 1.41. The Labute approximate surface area is 106 Å². The molecule has 1 N–H and O–H groups in total. The molecular formula is C16H27N. The Morgan fingerprint density at radius 1 is 1.12 bits per heavy atom. The zero-order chi connectivity index (χ0) is 11.7. The van der Waals surface area contributed by atoms with Crippen molar-refractivity contribution in [2.24, 2.45) is 23.2 Å². The first-order valence-electron chi connectivity index (χ1n) is 7.64. The first-order valence-corrected chi connectivity index (χ1v) is 7.64. The summed E-state index contributed by atoms with van der Waals surface area (Å²) >= 11 is 0. The van der Waals surface area contributed by atoms with E-state index >= 15 is 0 Å². The van der Waals surface area contributed by atoms with E-state index in [1.54, 1.807) is 0 Å². The largest absolute Gasteiger partial charge is 0.316 e. The monoisotopic (exact) mass is 233 g/mol. The summed E-state index contributed by atoms with van der Waals surface area (Å²) in [5.74, 6) is 2.78. The van der Waals surface area contributed by atoms with Gasteiger partial charge >= 0.3 is 0 Å². The van der Waals surface area contributed by atoms with Crippen LogP contribution in [0.1, 0.15) is 51.9 Å². The molecule has 1 nitrogen and oxygen atoms in total. The first-order chi connectivity index (χ1) is 8.25. The Hall–Kier alpha value is -0.300. The van der Waals surface area contributed by atoms with Gasteiger partial charge in [-0.25, -0.2) is 0 Å². The topological polar surface area (TPSA) is 12.0 Å². The standard InChI is InChI=1S/C16H27N/c1-16(7-3-2-4-8-16)12-17-11-15-10-13-5-6-14(15)9-13/h5-6,13-15,17H,2-4,7-12H2,1H3. The molecule has 3 atom stereocenters. The van der Waals surface area contributed by atoms with E-state index < -0.39 is 0 Å². The maximum Gasteiger partial charge on any atom is 0.000528 e. The second kappa shape index (κ2) is 4.76. The molecular weight excluding hydrogens is 206 g/mol. The van der Waals surface area contributed by atoms with Crippen molar-refractivity contribution in [1.29, 1.82) is 0 Å². The zero-order valence-corrected chi connectivity index (χ0v) is 11.3. The summed E-state index contributed by atoms with van der Waals surface area (Å²) in [6.45, 7) is 5.01. The third-order valence-electron chi connectivity index (χ3n) is 5.44. The van der Waals surface area contributed by atoms with Crippen LogP contribution in [0.3, 0.4) is 0 Å². The maximum atomic E-state index is 3.79. The molecule has 2 bridgehead atoms. The third kappa shape index (κ3) is 2.59. The fourth-order valence-corrected chi connectivity index (χ4v) is 4.27. The van der Waals surface area contributed by atoms with Crippen molar-refractivity contribution in [3.05, 3.63) is 12.2 Å². The Kier molecular flexibility index (Phi) is 3.30. The van der Waals surface area contributed by atoms with E-state index in [1.165, 1.54) is 58.0 Å². The van der Waals surface area contributed by atoms with Crippen molar-refractivity contribution >= 4 is 0 Å². The molecule has 0 radical (unpaired) electrons. The lowest BCUT2D eigenvalue weighted by Gasteiger charge is -2.34. The molecule has 96 valence electrons. The fraction of sp³-hybridized carbons (Fsp3) is 0.875. The Bertz CT molecular complexity index is 288. The summed E-state index contributed by atoms with van der Waals surface area (Å²) in [6.07, 6.45) is 15.1. The lowest BCUT2D eigenvalue weighted by molar-refractivity contribution is 0.202. The highest BCUT2D eigenvalue weighted by Crippen LogP contribution is 2.43. The average Bonchev–Trinajstić information content (AvgIpc) is 2.92. The highest BCUT2D eigenvalue weighted by atomic mass is 14.9. The Morgan fingerprint density at radius 2 is 1.94 bits per heavy atom. The lowest BCUT2D eigenvalue weighted by atomic mass is 9.75. The van der Waals surface area contributed by atoms with Crippen LogP contribution in [-0.4, -0.2) is 13.1 Å². The van der Waals surface area contributed by atoms with Gasteiger partial charge in [-0.05, 0) is 55.4 Å². The summed E-state index contributed by atoms with van der Waals surface area (Å²) in [5, 5.41) is 3.79. The molecule has 0 aromatic heterocycles. The van der Waals surface area contributed by atoms with Crippen molar-refractivity contribution in [1.82, 2.24) is 5.32 Å². The predicted octanol–water partition coefficient (Wildman–Crippen LogP) is 3.76. The van der Waals surface area contributed by atoms with Gasteiger partial charge in [0.2, 0.25) is 0 Å². The minimum Gasteiger partial charge on any atom is -0.316 e. The van der Waals surface area contributed by atoms with Gasteiger partial charge in [-0.3, -0.25) is 0 Å². The minimum atomic E-state index is 0.603. The highest BCUT2D eigenvalue weighted by Gasteiger charge is 2.35. The normalized spacial score (nSPS) is 38.8. The second-order valence-electron chi connectivity index (χ2n) is 7.04. The molecule has 0 aromatic carbocycles. The van der Waals surface area contributed by atoms with Crippen molar-refractivity contribution in [3.8, 4) is 0 Å². The van der Waals surface area contributed by atoms with Crippen molar-refractivity contribution in [2.75, 3.05) is 13.1 Å². The molecule has 3 rings (SSSR count). The number of fused-ring (bicyclic) bond motifs is 2. The molecule has 0 spiro atoms. The van der Waals surface area contributed by atoms with Crippen LogP contribution in [0.5, 0.6) is 0 Å². The van der Waals surface area contributed by atoms with Crippen molar-refractivity contribution in [3.63, 3.8) is 0 Å². The second-order valence-corrected chi connectivity index (χ2v) is 7.04. The van der Waals surface area contributed by atoms with Gasteiger partial charge in [0.15, 0.2) is 0 Å². The molecule has 3 unspecified atom stereocenters. The van der Waals surface area contributed by atoms with E-state index in [1.807, 2.05) is 0 Å². The van der Waals surface area contributed by atoms with Crippen LogP contribution in [0.25, 0.3) is 0 Å². The summed E-state index contributed by atoms with van der Waals surface area (Å²) in [7, 11) is 0. The molecule has 0 heterocycles. The van der Waals surface area contributed by atoms with Gasteiger partial charge in [0, 0.05) is 6.54 Å². The third-order valence-corrected chi connectivity index (χ3v) is 5.44. The van der Waals surface area contributed by atoms with Gasteiger partial charge in [-0.15, -0.1) is 0 Å². The van der Waals surface area contributed by atoms with Crippen molar-refractivity contribution in [2.45, 2.75) is 51.9 Å². The van der Waals surface area contributed by atoms with Gasteiger partial charge in [-0.1, -0.05) is 38.3 Å². The molecule has 0 aliphatic heterocycles. The van der Waals surface area contributed by atoms with Gasteiger partial charge in [0.25, 0.3) is 0 Å².